The molecule has 1 amide bonds. The van der Waals surface area contributed by atoms with Crippen LogP contribution in [0.5, 0.6) is 0 Å². The summed E-state index contributed by atoms with van der Waals surface area (Å²) >= 11 is 4.71. The summed E-state index contributed by atoms with van der Waals surface area (Å²) in [6.07, 6.45) is 0. The monoisotopic (exact) mass is 376 g/mol. The summed E-state index contributed by atoms with van der Waals surface area (Å²) in [6.45, 7) is 2.00. The standard InChI is InChI=1S/C16H13BrN2O2S/c1-10-5-6-14-11(7-10)8-15(21-14)16(20)18-19-22-13-4-2-3-12(17)9-13/h2-9,19H,1H3,(H,18,20). The van der Waals surface area contributed by atoms with Crippen LogP contribution in [0.1, 0.15) is 16.1 Å². The van der Waals surface area contributed by atoms with E-state index in [-0.39, 0.29) is 11.7 Å². The molecule has 112 valence electrons. The molecule has 0 saturated carbocycles. The summed E-state index contributed by atoms with van der Waals surface area (Å²) in [5.74, 6) is -0.0284. The van der Waals surface area contributed by atoms with Crippen LogP contribution in [0.25, 0.3) is 11.0 Å². The van der Waals surface area contributed by atoms with Crippen LogP contribution in [0.4, 0.5) is 0 Å². The summed E-state index contributed by atoms with van der Waals surface area (Å²) in [5, 5.41) is 0.921. The summed E-state index contributed by atoms with van der Waals surface area (Å²) in [4.78, 5) is 15.9. The maximum atomic E-state index is 12.1. The van der Waals surface area contributed by atoms with E-state index in [4.69, 9.17) is 4.42 Å². The van der Waals surface area contributed by atoms with Crippen LogP contribution in [-0.4, -0.2) is 5.91 Å². The van der Waals surface area contributed by atoms with E-state index >= 15 is 0 Å². The predicted molar refractivity (Wildman–Crippen MR) is 91.6 cm³/mol. The molecule has 3 rings (SSSR count). The normalized spacial score (nSPS) is 10.8. The third kappa shape index (κ3) is 3.52. The number of amides is 1. The first-order valence-electron chi connectivity index (χ1n) is 6.60. The zero-order chi connectivity index (χ0) is 15.5. The fraction of sp³-hybridized carbons (Fsp3) is 0.0625. The summed E-state index contributed by atoms with van der Waals surface area (Å²) in [5.41, 5.74) is 4.44. The predicted octanol–water partition coefficient (Wildman–Crippen LogP) is 4.45. The molecule has 0 aliphatic carbocycles. The number of hydrogen-bond donors (Lipinski definition) is 2. The minimum atomic E-state index is -0.309. The van der Waals surface area contributed by atoms with E-state index in [1.54, 1.807) is 6.07 Å². The molecule has 1 aromatic heterocycles. The number of rotatable bonds is 4. The van der Waals surface area contributed by atoms with Crippen molar-refractivity contribution >= 4 is 44.8 Å². The van der Waals surface area contributed by atoms with Crippen LogP contribution >= 0.6 is 27.9 Å². The molecule has 0 fully saturated rings. The van der Waals surface area contributed by atoms with Gasteiger partial charge < -0.3 is 4.42 Å². The number of hydrazine groups is 1. The smallest absolute Gasteiger partial charge is 0.301 e. The van der Waals surface area contributed by atoms with E-state index in [1.807, 2.05) is 49.4 Å². The van der Waals surface area contributed by atoms with Gasteiger partial charge in [-0.05, 0) is 55.3 Å². The SMILES string of the molecule is Cc1ccc2oc(C(=O)NNSc3cccc(Br)c3)cc2c1. The lowest BCUT2D eigenvalue weighted by molar-refractivity contribution is 0.0921. The van der Waals surface area contributed by atoms with Gasteiger partial charge in [0.25, 0.3) is 0 Å². The summed E-state index contributed by atoms with van der Waals surface area (Å²) in [6, 6.07) is 15.3. The Morgan fingerprint density at radius 2 is 2.05 bits per heavy atom. The number of nitrogens with one attached hydrogen (secondary N) is 2. The van der Waals surface area contributed by atoms with Gasteiger partial charge in [-0.2, -0.15) is 4.83 Å². The first-order valence-corrected chi connectivity index (χ1v) is 8.21. The van der Waals surface area contributed by atoms with Crippen molar-refractivity contribution in [1.29, 1.82) is 0 Å². The molecule has 1 heterocycles. The topological polar surface area (TPSA) is 54.3 Å². The van der Waals surface area contributed by atoms with E-state index < -0.39 is 0 Å². The zero-order valence-electron chi connectivity index (χ0n) is 11.7. The van der Waals surface area contributed by atoms with E-state index in [0.717, 1.165) is 20.3 Å². The van der Waals surface area contributed by atoms with Gasteiger partial charge in [-0.1, -0.05) is 33.6 Å². The minimum absolute atomic E-state index is 0.281. The lowest BCUT2D eigenvalue weighted by Crippen LogP contribution is -2.32. The molecule has 2 N–H and O–H groups in total. The summed E-state index contributed by atoms with van der Waals surface area (Å²) < 4.78 is 6.52. The van der Waals surface area contributed by atoms with Gasteiger partial charge in [-0.15, -0.1) is 0 Å². The van der Waals surface area contributed by atoms with Gasteiger partial charge in [0.2, 0.25) is 0 Å². The Labute approximate surface area is 140 Å². The number of halogens is 1. The van der Waals surface area contributed by atoms with Crippen LogP contribution in [0.15, 0.2) is 62.3 Å². The maximum absolute atomic E-state index is 12.1. The average Bonchev–Trinajstić information content (AvgIpc) is 2.90. The largest absolute Gasteiger partial charge is 0.451 e. The van der Waals surface area contributed by atoms with Crippen molar-refractivity contribution in [2.45, 2.75) is 11.8 Å². The Morgan fingerprint density at radius 3 is 2.86 bits per heavy atom. The minimum Gasteiger partial charge on any atom is -0.451 e. The van der Waals surface area contributed by atoms with Gasteiger partial charge in [-0.25, -0.2) is 0 Å². The van der Waals surface area contributed by atoms with Crippen molar-refractivity contribution in [3.8, 4) is 0 Å². The molecule has 0 unspecified atom stereocenters. The highest BCUT2D eigenvalue weighted by molar-refractivity contribution is 9.10. The molecule has 6 heteroatoms. The van der Waals surface area contributed by atoms with E-state index in [0.29, 0.717) is 5.58 Å². The number of carbonyl (C=O) groups is 1. The third-order valence-corrected chi connectivity index (χ3v) is 4.21. The second kappa shape index (κ2) is 6.56. The second-order valence-electron chi connectivity index (χ2n) is 4.77. The van der Waals surface area contributed by atoms with Crippen LogP contribution in [0.3, 0.4) is 0 Å². The van der Waals surface area contributed by atoms with Gasteiger partial charge >= 0.3 is 5.91 Å². The highest BCUT2D eigenvalue weighted by atomic mass is 79.9. The Kier molecular flexibility index (Phi) is 4.52. The van der Waals surface area contributed by atoms with Crippen molar-refractivity contribution in [2.75, 3.05) is 0 Å². The molecule has 4 nitrogen and oxygen atoms in total. The fourth-order valence-corrected chi connectivity index (χ4v) is 3.14. The maximum Gasteiger partial charge on any atom is 0.301 e. The first kappa shape index (κ1) is 15.1. The molecule has 22 heavy (non-hydrogen) atoms. The molecule has 0 spiro atoms. The van der Waals surface area contributed by atoms with Gasteiger partial charge in [0.05, 0.1) is 0 Å². The molecule has 3 aromatic rings. The number of aryl methyl sites for hydroxylation is 1. The number of carbonyl (C=O) groups excluding carboxylic acids is 1. The Morgan fingerprint density at radius 1 is 1.18 bits per heavy atom. The van der Waals surface area contributed by atoms with Crippen molar-refractivity contribution < 1.29 is 9.21 Å². The number of fused-ring (bicyclic) bond motifs is 1. The van der Waals surface area contributed by atoms with Crippen molar-refractivity contribution in [2.24, 2.45) is 0 Å². The molecule has 0 bridgehead atoms. The zero-order valence-corrected chi connectivity index (χ0v) is 14.1. The second-order valence-corrected chi connectivity index (χ2v) is 6.56. The molecular formula is C16H13BrN2O2S. The van der Waals surface area contributed by atoms with Gasteiger partial charge in [-0.3, -0.25) is 10.2 Å². The van der Waals surface area contributed by atoms with Crippen molar-refractivity contribution in [3.63, 3.8) is 0 Å². The molecular weight excluding hydrogens is 364 g/mol. The van der Waals surface area contributed by atoms with Gasteiger partial charge in [0.15, 0.2) is 5.76 Å². The molecule has 2 aromatic carbocycles. The van der Waals surface area contributed by atoms with E-state index in [1.165, 1.54) is 11.9 Å². The highest BCUT2D eigenvalue weighted by Gasteiger charge is 2.12. The quantitative estimate of drug-likeness (QED) is 0.521. The van der Waals surface area contributed by atoms with Crippen LogP contribution in [-0.2, 0) is 0 Å². The Bertz CT molecular complexity index is 832. The average molecular weight is 377 g/mol. The molecule has 0 saturated heterocycles. The van der Waals surface area contributed by atoms with Crippen molar-refractivity contribution in [1.82, 2.24) is 10.3 Å². The fourth-order valence-electron chi connectivity index (χ4n) is 2.00. The number of furan rings is 1. The highest BCUT2D eigenvalue weighted by Crippen LogP contribution is 2.21. The Balaban J connectivity index is 1.63. The molecule has 0 atom stereocenters. The molecule has 0 aliphatic heterocycles. The lowest BCUT2D eigenvalue weighted by atomic mass is 10.2. The van der Waals surface area contributed by atoms with Crippen LogP contribution in [0.2, 0.25) is 0 Å². The van der Waals surface area contributed by atoms with Crippen molar-refractivity contribution in [3.05, 3.63) is 64.3 Å². The number of benzene rings is 2. The third-order valence-electron chi connectivity index (χ3n) is 3.03. The molecule has 0 aliphatic rings. The Hall–Kier alpha value is -1.76. The van der Waals surface area contributed by atoms with Gasteiger partial charge in [0.1, 0.15) is 5.58 Å². The number of hydrogen-bond acceptors (Lipinski definition) is 4. The molecule has 0 radical (unpaired) electrons. The summed E-state index contributed by atoms with van der Waals surface area (Å²) in [7, 11) is 0. The lowest BCUT2D eigenvalue weighted by Gasteiger charge is -2.04. The van der Waals surface area contributed by atoms with Crippen LogP contribution < -0.4 is 10.3 Å². The van der Waals surface area contributed by atoms with Crippen LogP contribution in [0, 0.1) is 6.92 Å². The van der Waals surface area contributed by atoms with E-state index in [9.17, 15) is 4.79 Å². The van der Waals surface area contributed by atoms with E-state index in [2.05, 4.69) is 26.2 Å². The first-order chi connectivity index (χ1) is 10.6. The van der Waals surface area contributed by atoms with Gasteiger partial charge in [0, 0.05) is 14.8 Å².